The number of hydrogen-bond donors (Lipinski definition) is 1. The zero-order chi connectivity index (χ0) is 15.7. The van der Waals surface area contributed by atoms with E-state index < -0.39 is 0 Å². The third kappa shape index (κ3) is 7.13. The van der Waals surface area contributed by atoms with E-state index in [-0.39, 0.29) is 0 Å². The minimum atomic E-state index is 0.754. The van der Waals surface area contributed by atoms with Gasteiger partial charge >= 0.3 is 0 Å². The van der Waals surface area contributed by atoms with Crippen molar-refractivity contribution in [2.75, 3.05) is 13.1 Å². The molecule has 0 bridgehead atoms. The molecule has 0 aliphatic carbocycles. The van der Waals surface area contributed by atoms with E-state index in [0.717, 1.165) is 37.8 Å². The van der Waals surface area contributed by atoms with Crippen LogP contribution < -0.4 is 5.32 Å². The van der Waals surface area contributed by atoms with E-state index in [4.69, 9.17) is 0 Å². The Bertz CT molecular complexity index is 395. The van der Waals surface area contributed by atoms with Crippen LogP contribution in [-0.4, -0.2) is 13.1 Å². The Kier molecular flexibility index (Phi) is 8.68. The number of nitrogens with one attached hydrogen (secondary N) is 1. The molecule has 0 aliphatic rings. The van der Waals surface area contributed by atoms with Gasteiger partial charge in [-0.1, -0.05) is 52.8 Å². The second kappa shape index (κ2) is 10.00. The van der Waals surface area contributed by atoms with Crippen molar-refractivity contribution in [3.8, 4) is 0 Å². The van der Waals surface area contributed by atoms with Crippen molar-refractivity contribution in [3.05, 3.63) is 34.9 Å². The fraction of sp³-hybridized carbons (Fsp3) is 0.700. The summed E-state index contributed by atoms with van der Waals surface area (Å²) in [6.07, 6.45) is 6.13. The molecular formula is C20H35N. The molecule has 0 fully saturated rings. The maximum Gasteiger partial charge on any atom is -0.00258 e. The molecule has 0 aromatic heterocycles. The molecule has 0 aliphatic heterocycles. The third-order valence-electron chi connectivity index (χ3n) is 4.32. The summed E-state index contributed by atoms with van der Waals surface area (Å²) < 4.78 is 0. The summed E-state index contributed by atoms with van der Waals surface area (Å²) >= 11 is 0. The summed E-state index contributed by atoms with van der Waals surface area (Å²) in [5.74, 6) is 1.56. The van der Waals surface area contributed by atoms with E-state index in [0.29, 0.717) is 0 Å². The van der Waals surface area contributed by atoms with Crippen LogP contribution in [-0.2, 0) is 19.3 Å². The molecule has 120 valence electrons. The van der Waals surface area contributed by atoms with Crippen molar-refractivity contribution in [1.29, 1.82) is 0 Å². The van der Waals surface area contributed by atoms with Crippen LogP contribution in [0.15, 0.2) is 18.2 Å². The van der Waals surface area contributed by atoms with Crippen LogP contribution in [0.25, 0.3) is 0 Å². The highest BCUT2D eigenvalue weighted by Crippen LogP contribution is 2.17. The normalized spacial score (nSPS) is 12.9. The standard InChI is InChI=1S/C20H35N/c1-6-19-11-10-18(14-20(19)7-2)9-8-17(5)12-13-21-15-16(3)4/h10-11,14,16-17,21H,6-9,12-13,15H2,1-5H3. The Hall–Kier alpha value is -0.820. The highest BCUT2D eigenvalue weighted by atomic mass is 14.8. The van der Waals surface area contributed by atoms with Gasteiger partial charge in [0.25, 0.3) is 0 Å². The van der Waals surface area contributed by atoms with E-state index in [1.54, 1.807) is 5.56 Å². The molecule has 1 rings (SSSR count). The average molecular weight is 290 g/mol. The van der Waals surface area contributed by atoms with E-state index in [1.807, 2.05) is 0 Å². The molecule has 0 heterocycles. The maximum atomic E-state index is 3.55. The molecule has 21 heavy (non-hydrogen) atoms. The zero-order valence-electron chi connectivity index (χ0n) is 14.8. The van der Waals surface area contributed by atoms with Crippen molar-refractivity contribution in [1.82, 2.24) is 5.32 Å². The van der Waals surface area contributed by atoms with Crippen molar-refractivity contribution >= 4 is 0 Å². The van der Waals surface area contributed by atoms with Gasteiger partial charge < -0.3 is 5.32 Å². The van der Waals surface area contributed by atoms with Gasteiger partial charge in [-0.15, -0.1) is 0 Å². The molecule has 1 N–H and O–H groups in total. The van der Waals surface area contributed by atoms with Gasteiger partial charge in [-0.3, -0.25) is 0 Å². The molecule has 1 unspecified atom stereocenters. The van der Waals surface area contributed by atoms with Gasteiger partial charge in [0.1, 0.15) is 0 Å². The monoisotopic (exact) mass is 289 g/mol. The van der Waals surface area contributed by atoms with Gasteiger partial charge in [-0.25, -0.2) is 0 Å². The smallest absolute Gasteiger partial charge is 0.00258 e. The molecule has 1 aromatic rings. The van der Waals surface area contributed by atoms with Gasteiger partial charge in [0.05, 0.1) is 0 Å². The van der Waals surface area contributed by atoms with Crippen molar-refractivity contribution < 1.29 is 0 Å². The van der Waals surface area contributed by atoms with Gasteiger partial charge in [0.15, 0.2) is 0 Å². The quantitative estimate of drug-likeness (QED) is 0.597. The Labute approximate surface area is 132 Å². The summed E-state index contributed by atoms with van der Waals surface area (Å²) in [4.78, 5) is 0. The summed E-state index contributed by atoms with van der Waals surface area (Å²) in [5.41, 5.74) is 4.58. The first-order valence-electron chi connectivity index (χ1n) is 8.88. The van der Waals surface area contributed by atoms with E-state index in [1.165, 1.54) is 30.4 Å². The number of hydrogen-bond acceptors (Lipinski definition) is 1. The first-order chi connectivity index (χ1) is 10.1. The van der Waals surface area contributed by atoms with Crippen LogP contribution in [0.2, 0.25) is 0 Å². The summed E-state index contributed by atoms with van der Waals surface area (Å²) in [7, 11) is 0. The van der Waals surface area contributed by atoms with Crippen LogP contribution in [0.1, 0.15) is 64.2 Å². The predicted octanol–water partition coefficient (Wildman–Crippen LogP) is 5.02. The SMILES string of the molecule is CCc1ccc(CCC(C)CCNCC(C)C)cc1CC. The molecule has 0 spiro atoms. The topological polar surface area (TPSA) is 12.0 Å². The number of benzene rings is 1. The van der Waals surface area contributed by atoms with Gasteiger partial charge in [-0.2, -0.15) is 0 Å². The summed E-state index contributed by atoms with van der Waals surface area (Å²) in [5, 5.41) is 3.55. The lowest BCUT2D eigenvalue weighted by molar-refractivity contribution is 0.454. The van der Waals surface area contributed by atoms with Crippen molar-refractivity contribution in [2.24, 2.45) is 11.8 Å². The lowest BCUT2D eigenvalue weighted by atomic mass is 9.94. The van der Waals surface area contributed by atoms with Crippen molar-refractivity contribution in [2.45, 2.75) is 66.7 Å². The number of rotatable bonds is 10. The summed E-state index contributed by atoms with van der Waals surface area (Å²) in [6.45, 7) is 13.7. The average Bonchev–Trinajstić information content (AvgIpc) is 2.48. The fourth-order valence-corrected chi connectivity index (χ4v) is 2.81. The second-order valence-electron chi connectivity index (χ2n) is 6.84. The van der Waals surface area contributed by atoms with Crippen LogP contribution >= 0.6 is 0 Å². The van der Waals surface area contributed by atoms with Crippen LogP contribution in [0.5, 0.6) is 0 Å². The Morgan fingerprint density at radius 1 is 0.952 bits per heavy atom. The van der Waals surface area contributed by atoms with E-state index in [2.05, 4.69) is 58.1 Å². The van der Waals surface area contributed by atoms with Gasteiger partial charge in [0, 0.05) is 0 Å². The Morgan fingerprint density at radius 2 is 1.67 bits per heavy atom. The fourth-order valence-electron chi connectivity index (χ4n) is 2.81. The highest BCUT2D eigenvalue weighted by Gasteiger charge is 2.05. The predicted molar refractivity (Wildman–Crippen MR) is 95.0 cm³/mol. The molecule has 0 radical (unpaired) electrons. The lowest BCUT2D eigenvalue weighted by Crippen LogP contribution is -2.22. The molecule has 0 saturated heterocycles. The molecule has 1 nitrogen and oxygen atoms in total. The third-order valence-corrected chi connectivity index (χ3v) is 4.32. The zero-order valence-corrected chi connectivity index (χ0v) is 14.8. The second-order valence-corrected chi connectivity index (χ2v) is 6.84. The minimum Gasteiger partial charge on any atom is -0.316 e. The number of aryl methyl sites for hydroxylation is 3. The van der Waals surface area contributed by atoms with Crippen LogP contribution in [0, 0.1) is 11.8 Å². The maximum absolute atomic E-state index is 3.55. The molecule has 1 aromatic carbocycles. The summed E-state index contributed by atoms with van der Waals surface area (Å²) in [6, 6.07) is 7.10. The molecular weight excluding hydrogens is 254 g/mol. The first-order valence-corrected chi connectivity index (χ1v) is 8.88. The largest absolute Gasteiger partial charge is 0.316 e. The Balaban J connectivity index is 2.34. The lowest BCUT2D eigenvalue weighted by Gasteiger charge is -2.14. The van der Waals surface area contributed by atoms with E-state index >= 15 is 0 Å². The van der Waals surface area contributed by atoms with Gasteiger partial charge in [-0.05, 0) is 73.7 Å². The molecule has 0 amide bonds. The minimum absolute atomic E-state index is 0.754. The van der Waals surface area contributed by atoms with E-state index in [9.17, 15) is 0 Å². The first kappa shape index (κ1) is 18.2. The molecule has 1 atom stereocenters. The van der Waals surface area contributed by atoms with Gasteiger partial charge in [0.2, 0.25) is 0 Å². The van der Waals surface area contributed by atoms with Crippen LogP contribution in [0.3, 0.4) is 0 Å². The van der Waals surface area contributed by atoms with Crippen molar-refractivity contribution in [3.63, 3.8) is 0 Å². The van der Waals surface area contributed by atoms with Crippen LogP contribution in [0.4, 0.5) is 0 Å². The molecule has 1 heteroatoms. The Morgan fingerprint density at radius 3 is 2.29 bits per heavy atom. The highest BCUT2D eigenvalue weighted by molar-refractivity contribution is 5.32. The molecule has 0 saturated carbocycles.